The van der Waals surface area contributed by atoms with Crippen LogP contribution in [0.5, 0.6) is 5.75 Å². The minimum atomic E-state index is -1.05. The van der Waals surface area contributed by atoms with Crippen LogP contribution in [0.15, 0.2) is 90.5 Å². The van der Waals surface area contributed by atoms with Gasteiger partial charge in [0.15, 0.2) is 0 Å². The number of aromatic nitrogens is 6. The number of anilines is 2. The summed E-state index contributed by atoms with van der Waals surface area (Å²) in [5, 5.41) is 18.4. The van der Waals surface area contributed by atoms with Crippen molar-refractivity contribution < 1.29 is 28.2 Å². The number of amides is 1. The summed E-state index contributed by atoms with van der Waals surface area (Å²) in [5.41, 5.74) is 1.11. The molecule has 5 aromatic rings. The van der Waals surface area contributed by atoms with Crippen molar-refractivity contribution in [1.82, 2.24) is 29.1 Å². The van der Waals surface area contributed by atoms with E-state index in [1.54, 1.807) is 28.6 Å². The van der Waals surface area contributed by atoms with Crippen molar-refractivity contribution in [2.24, 2.45) is 5.92 Å². The van der Waals surface area contributed by atoms with Gasteiger partial charge in [0.1, 0.15) is 42.0 Å². The molecule has 2 aliphatic heterocycles. The zero-order chi connectivity index (χ0) is 36.4. The van der Waals surface area contributed by atoms with Crippen LogP contribution in [-0.4, -0.2) is 79.1 Å². The first-order valence-corrected chi connectivity index (χ1v) is 17.3. The highest BCUT2D eigenvalue weighted by Gasteiger charge is 2.44. The van der Waals surface area contributed by atoms with Gasteiger partial charge < -0.3 is 24.4 Å². The predicted molar refractivity (Wildman–Crippen MR) is 187 cm³/mol. The first kappa shape index (κ1) is 35.0. The van der Waals surface area contributed by atoms with Crippen molar-refractivity contribution in [3.05, 3.63) is 113 Å². The molecule has 0 bridgehead atoms. The van der Waals surface area contributed by atoms with Crippen molar-refractivity contribution in [3.63, 3.8) is 0 Å². The Morgan fingerprint density at radius 2 is 1.73 bits per heavy atom. The molecular formula is C37H40F2N8O5. The third-order valence-electron chi connectivity index (χ3n) is 9.85. The summed E-state index contributed by atoms with van der Waals surface area (Å²) < 4.78 is 45.3. The van der Waals surface area contributed by atoms with E-state index in [2.05, 4.69) is 15.2 Å². The van der Waals surface area contributed by atoms with E-state index in [4.69, 9.17) is 9.47 Å². The molecule has 2 saturated heterocycles. The number of carbonyl (C=O) groups is 1. The monoisotopic (exact) mass is 714 g/mol. The molecule has 272 valence electrons. The fraction of sp³-hybridized carbons (Fsp3) is 0.378. The average molecular weight is 715 g/mol. The highest BCUT2D eigenvalue weighted by Crippen LogP contribution is 2.42. The van der Waals surface area contributed by atoms with Crippen LogP contribution in [-0.2, 0) is 21.7 Å². The second kappa shape index (κ2) is 14.7. The normalized spacial score (nSPS) is 20.3. The van der Waals surface area contributed by atoms with E-state index in [-0.39, 0.29) is 36.2 Å². The molecule has 0 radical (unpaired) electrons. The zero-order valence-corrected chi connectivity index (χ0v) is 28.9. The lowest BCUT2D eigenvalue weighted by Gasteiger charge is -2.35. The smallest absolute Gasteiger partial charge is 0.350 e. The van der Waals surface area contributed by atoms with Gasteiger partial charge in [-0.3, -0.25) is 4.79 Å². The van der Waals surface area contributed by atoms with E-state index in [1.165, 1.54) is 40.4 Å². The molecule has 1 N–H and O–H groups in total. The second-order valence-corrected chi connectivity index (χ2v) is 13.3. The summed E-state index contributed by atoms with van der Waals surface area (Å²) in [4.78, 5) is 34.0. The molecule has 4 unspecified atom stereocenters. The molecule has 0 spiro atoms. The number of hydrogen-bond acceptors (Lipinski definition) is 9. The lowest BCUT2D eigenvalue weighted by atomic mass is 9.87. The third kappa shape index (κ3) is 7.05. The molecule has 2 fully saturated rings. The van der Waals surface area contributed by atoms with Crippen molar-refractivity contribution in [3.8, 4) is 11.4 Å². The van der Waals surface area contributed by atoms with Gasteiger partial charge in [0, 0.05) is 42.0 Å². The van der Waals surface area contributed by atoms with Crippen LogP contribution in [0.4, 0.5) is 20.2 Å². The number of ether oxygens (including phenoxy) is 2. The van der Waals surface area contributed by atoms with Gasteiger partial charge in [-0.2, -0.15) is 10.2 Å². The Morgan fingerprint density at radius 1 is 0.981 bits per heavy atom. The second-order valence-electron chi connectivity index (χ2n) is 13.3. The summed E-state index contributed by atoms with van der Waals surface area (Å²) in [6.07, 6.45) is 4.66. The van der Waals surface area contributed by atoms with Gasteiger partial charge in [0.2, 0.25) is 5.91 Å². The highest BCUT2D eigenvalue weighted by molar-refractivity contribution is 5.97. The first-order chi connectivity index (χ1) is 25.1. The molecule has 4 heterocycles. The van der Waals surface area contributed by atoms with Crippen LogP contribution in [0.25, 0.3) is 5.69 Å². The van der Waals surface area contributed by atoms with Crippen LogP contribution in [0.3, 0.4) is 0 Å². The number of aliphatic hydroxyl groups is 1. The number of benzene rings is 3. The lowest BCUT2D eigenvalue weighted by molar-refractivity contribution is -0.117. The number of aliphatic hydroxyl groups excluding tert-OH is 1. The van der Waals surface area contributed by atoms with Crippen LogP contribution < -0.4 is 20.2 Å². The first-order valence-electron chi connectivity index (χ1n) is 17.3. The number of nitrogens with zero attached hydrogens (tertiary/aromatic N) is 8. The van der Waals surface area contributed by atoms with E-state index in [9.17, 15) is 23.5 Å². The fourth-order valence-electron chi connectivity index (χ4n) is 7.15. The SMILES string of the molecule is CCC(C(C)O)n1ncn(-c2ccc(N3CCN(c4ccc(OCC5COC(Cn6cncn6)(c6ccc(F)cc6F)C5)cc4)CC3=O)cc2)c1=O. The Bertz CT molecular complexity index is 2050. The topological polar surface area (TPSA) is 133 Å². The number of piperazine rings is 1. The van der Waals surface area contributed by atoms with E-state index >= 15 is 0 Å². The number of halogens is 2. The van der Waals surface area contributed by atoms with Crippen LogP contribution in [0.2, 0.25) is 0 Å². The van der Waals surface area contributed by atoms with Crippen molar-refractivity contribution >= 4 is 17.3 Å². The van der Waals surface area contributed by atoms with Gasteiger partial charge in [0.05, 0.1) is 44.1 Å². The van der Waals surface area contributed by atoms with E-state index in [0.717, 1.165) is 17.4 Å². The summed E-state index contributed by atoms with van der Waals surface area (Å²) in [5.74, 6) is -0.797. The zero-order valence-electron chi connectivity index (χ0n) is 28.9. The number of hydrogen-bond donors (Lipinski definition) is 1. The van der Waals surface area contributed by atoms with E-state index < -0.39 is 29.4 Å². The van der Waals surface area contributed by atoms with Crippen LogP contribution in [0, 0.1) is 17.6 Å². The van der Waals surface area contributed by atoms with Crippen molar-refractivity contribution in [2.45, 2.75) is 51.0 Å². The Morgan fingerprint density at radius 3 is 2.40 bits per heavy atom. The average Bonchev–Trinajstić information content (AvgIpc) is 3.89. The maximum atomic E-state index is 15.0. The Balaban J connectivity index is 0.944. The molecule has 2 aliphatic rings. The molecule has 7 rings (SSSR count). The minimum absolute atomic E-state index is 0.0553. The number of rotatable bonds is 12. The van der Waals surface area contributed by atoms with Gasteiger partial charge >= 0.3 is 5.69 Å². The molecule has 2 aromatic heterocycles. The van der Waals surface area contributed by atoms with Crippen molar-refractivity contribution in [2.75, 3.05) is 42.6 Å². The van der Waals surface area contributed by atoms with E-state index in [1.807, 2.05) is 48.2 Å². The molecule has 4 atom stereocenters. The van der Waals surface area contributed by atoms with Gasteiger partial charge in [-0.05, 0) is 74.4 Å². The maximum Gasteiger partial charge on any atom is 0.350 e. The third-order valence-corrected chi connectivity index (χ3v) is 9.85. The van der Waals surface area contributed by atoms with Crippen LogP contribution >= 0.6 is 0 Å². The summed E-state index contributed by atoms with van der Waals surface area (Å²) in [7, 11) is 0. The quantitative estimate of drug-likeness (QED) is 0.203. The van der Waals surface area contributed by atoms with Gasteiger partial charge in [-0.1, -0.05) is 13.0 Å². The number of carbonyl (C=O) groups excluding carboxylic acids is 1. The van der Waals surface area contributed by atoms with Gasteiger partial charge in [-0.25, -0.2) is 32.5 Å². The maximum absolute atomic E-state index is 15.0. The molecule has 3 aromatic carbocycles. The minimum Gasteiger partial charge on any atom is -0.493 e. The van der Waals surface area contributed by atoms with Crippen molar-refractivity contribution in [1.29, 1.82) is 0 Å². The van der Waals surface area contributed by atoms with Gasteiger partial charge in [-0.15, -0.1) is 0 Å². The molecule has 0 aliphatic carbocycles. The molecular weight excluding hydrogens is 674 g/mol. The Labute approximate surface area is 298 Å². The van der Waals surface area contributed by atoms with Gasteiger partial charge in [0.25, 0.3) is 0 Å². The predicted octanol–water partition coefficient (Wildman–Crippen LogP) is 4.10. The highest BCUT2D eigenvalue weighted by atomic mass is 19.1. The molecule has 52 heavy (non-hydrogen) atoms. The van der Waals surface area contributed by atoms with Crippen LogP contribution in [0.1, 0.15) is 38.3 Å². The van der Waals surface area contributed by atoms with E-state index in [0.29, 0.717) is 50.6 Å². The molecule has 1 amide bonds. The molecule has 0 saturated carbocycles. The standard InChI is InChI=1S/C37H40F2N8O5/c1-3-34(25(2)48)47-36(50)46(24-42-47)30-7-5-29(6-8-30)45-15-14-43(18-35(45)49)28-9-11-31(12-10-28)51-19-26-17-37(52-20-26,21-44-23-40-22-41-44)32-13-4-27(38)16-33(32)39/h4-13,16,22-26,34,48H,3,14-15,17-21H2,1-2H3. The largest absolute Gasteiger partial charge is 0.493 e. The summed E-state index contributed by atoms with van der Waals surface area (Å²) in [6, 6.07) is 17.8. The Hall–Kier alpha value is -5.41. The Kier molecular flexibility index (Phi) is 9.88. The summed E-state index contributed by atoms with van der Waals surface area (Å²) >= 11 is 0. The molecule has 15 heteroatoms. The fourth-order valence-corrected chi connectivity index (χ4v) is 7.15. The summed E-state index contributed by atoms with van der Waals surface area (Å²) in [6.45, 7) is 5.69. The lowest BCUT2D eigenvalue weighted by Crippen LogP contribution is -2.50. The molecule has 13 nitrogen and oxygen atoms in total.